The molecule has 0 aromatic heterocycles. The van der Waals surface area contributed by atoms with Crippen molar-refractivity contribution in [1.82, 2.24) is 0 Å². The second kappa shape index (κ2) is 5.60. The first-order valence-electron chi connectivity index (χ1n) is 5.51. The van der Waals surface area contributed by atoms with Gasteiger partial charge in [-0.3, -0.25) is 0 Å². The van der Waals surface area contributed by atoms with Crippen molar-refractivity contribution in [2.45, 2.75) is 6.42 Å². The summed E-state index contributed by atoms with van der Waals surface area (Å²) in [7, 11) is 1.60. The van der Waals surface area contributed by atoms with E-state index in [1.165, 1.54) is 11.1 Å². The highest BCUT2D eigenvalue weighted by atomic mass is 32.1. The Hall–Kier alpha value is -1.67. The van der Waals surface area contributed by atoms with Crippen molar-refractivity contribution >= 4 is 17.3 Å². The zero-order valence-corrected chi connectivity index (χ0v) is 10.5. The number of thiocarbonyl (C=S) groups is 1. The molecule has 0 aliphatic rings. The molecular formula is C15H14OS. The molecule has 0 bridgehead atoms. The quantitative estimate of drug-likeness (QED) is 0.761. The molecule has 0 radical (unpaired) electrons. The smallest absolute Gasteiger partial charge is 0.190 e. The van der Waals surface area contributed by atoms with Crippen LogP contribution in [-0.2, 0) is 11.2 Å². The van der Waals surface area contributed by atoms with Crippen LogP contribution in [0.2, 0.25) is 0 Å². The Balaban J connectivity index is 2.20. The second-order valence-electron chi connectivity index (χ2n) is 3.85. The lowest BCUT2D eigenvalue weighted by Crippen LogP contribution is -2.00. The zero-order chi connectivity index (χ0) is 12.1. The minimum Gasteiger partial charge on any atom is -0.486 e. The third kappa shape index (κ3) is 3.14. The molecule has 0 aliphatic heterocycles. The van der Waals surface area contributed by atoms with Crippen LogP contribution < -0.4 is 0 Å². The largest absolute Gasteiger partial charge is 0.486 e. The third-order valence-corrected chi connectivity index (χ3v) is 3.00. The predicted octanol–water partition coefficient (Wildman–Crippen LogP) is 3.60. The van der Waals surface area contributed by atoms with E-state index in [0.717, 1.165) is 12.0 Å². The fraction of sp³-hybridized carbons (Fsp3) is 0.133. The lowest BCUT2D eigenvalue weighted by atomic mass is 10.0. The van der Waals surface area contributed by atoms with Crippen LogP contribution in [0.3, 0.4) is 0 Å². The Morgan fingerprint density at radius 3 is 2.41 bits per heavy atom. The lowest BCUT2D eigenvalue weighted by Gasteiger charge is -2.06. The average Bonchev–Trinajstić information content (AvgIpc) is 2.39. The van der Waals surface area contributed by atoms with Gasteiger partial charge in [0.1, 0.15) is 0 Å². The first-order chi connectivity index (χ1) is 8.29. The fourth-order valence-corrected chi connectivity index (χ4v) is 1.88. The molecule has 0 atom stereocenters. The molecule has 0 heterocycles. The predicted molar refractivity (Wildman–Crippen MR) is 74.4 cm³/mol. The minimum absolute atomic E-state index is 0.542. The molecule has 2 aromatic carbocycles. The van der Waals surface area contributed by atoms with Gasteiger partial charge >= 0.3 is 0 Å². The standard InChI is InChI=1S/C15H14OS/c1-16-15(17)14-9-5-8-13(11-14)10-12-6-3-2-4-7-12/h2-9,11H,10H2,1H3. The van der Waals surface area contributed by atoms with Crippen LogP contribution in [0.1, 0.15) is 16.7 Å². The summed E-state index contributed by atoms with van der Waals surface area (Å²) in [4.78, 5) is 0. The SMILES string of the molecule is COC(=S)c1cccc(Cc2ccccc2)c1. The molecule has 0 N–H and O–H groups in total. The Morgan fingerprint density at radius 1 is 1.00 bits per heavy atom. The van der Waals surface area contributed by atoms with Crippen molar-refractivity contribution in [3.8, 4) is 0 Å². The lowest BCUT2D eigenvalue weighted by molar-refractivity contribution is 0.416. The summed E-state index contributed by atoms with van der Waals surface area (Å²) >= 11 is 5.12. The summed E-state index contributed by atoms with van der Waals surface area (Å²) in [5.41, 5.74) is 3.51. The van der Waals surface area contributed by atoms with Gasteiger partial charge in [-0.05, 0) is 35.8 Å². The molecule has 2 heteroatoms. The van der Waals surface area contributed by atoms with Crippen LogP contribution in [0.5, 0.6) is 0 Å². The highest BCUT2D eigenvalue weighted by molar-refractivity contribution is 7.80. The summed E-state index contributed by atoms with van der Waals surface area (Å²) < 4.78 is 5.07. The van der Waals surface area contributed by atoms with E-state index in [4.69, 9.17) is 17.0 Å². The van der Waals surface area contributed by atoms with Crippen LogP contribution in [0.15, 0.2) is 54.6 Å². The summed E-state index contributed by atoms with van der Waals surface area (Å²) in [6.07, 6.45) is 0.918. The summed E-state index contributed by atoms with van der Waals surface area (Å²) in [6.45, 7) is 0. The number of hydrogen-bond donors (Lipinski definition) is 0. The molecular weight excluding hydrogens is 228 g/mol. The highest BCUT2D eigenvalue weighted by Gasteiger charge is 2.02. The van der Waals surface area contributed by atoms with Gasteiger partial charge in [0.15, 0.2) is 5.05 Å². The number of hydrogen-bond acceptors (Lipinski definition) is 2. The topological polar surface area (TPSA) is 9.23 Å². The number of rotatable bonds is 3. The first kappa shape index (κ1) is 11.8. The third-order valence-electron chi connectivity index (χ3n) is 2.60. The van der Waals surface area contributed by atoms with Gasteiger partial charge in [0.2, 0.25) is 0 Å². The van der Waals surface area contributed by atoms with Gasteiger partial charge in [-0.25, -0.2) is 0 Å². The Kier molecular flexibility index (Phi) is 3.89. The van der Waals surface area contributed by atoms with Crippen LogP contribution in [0, 0.1) is 0 Å². The number of ether oxygens (including phenoxy) is 1. The summed E-state index contributed by atoms with van der Waals surface area (Å²) in [5.74, 6) is 0. The molecule has 2 aromatic rings. The van der Waals surface area contributed by atoms with Crippen molar-refractivity contribution in [3.05, 3.63) is 71.3 Å². The minimum atomic E-state index is 0.542. The first-order valence-corrected chi connectivity index (χ1v) is 5.91. The molecule has 17 heavy (non-hydrogen) atoms. The summed E-state index contributed by atoms with van der Waals surface area (Å²) in [6, 6.07) is 18.6. The number of benzene rings is 2. The molecule has 0 saturated heterocycles. The van der Waals surface area contributed by atoms with E-state index in [-0.39, 0.29) is 0 Å². The maximum Gasteiger partial charge on any atom is 0.190 e. The normalized spacial score (nSPS) is 9.94. The molecule has 0 unspecified atom stereocenters. The Morgan fingerprint density at radius 2 is 1.71 bits per heavy atom. The van der Waals surface area contributed by atoms with E-state index in [2.05, 4.69) is 36.4 Å². The van der Waals surface area contributed by atoms with E-state index >= 15 is 0 Å². The van der Waals surface area contributed by atoms with Crippen molar-refractivity contribution in [1.29, 1.82) is 0 Å². The van der Waals surface area contributed by atoms with Gasteiger partial charge in [-0.15, -0.1) is 0 Å². The van der Waals surface area contributed by atoms with Crippen molar-refractivity contribution in [2.75, 3.05) is 7.11 Å². The fourth-order valence-electron chi connectivity index (χ4n) is 1.76. The van der Waals surface area contributed by atoms with Crippen molar-refractivity contribution < 1.29 is 4.74 Å². The van der Waals surface area contributed by atoms with Crippen molar-refractivity contribution in [2.24, 2.45) is 0 Å². The van der Waals surface area contributed by atoms with Crippen LogP contribution in [0.25, 0.3) is 0 Å². The molecule has 1 nitrogen and oxygen atoms in total. The van der Waals surface area contributed by atoms with E-state index in [1.807, 2.05) is 18.2 Å². The van der Waals surface area contributed by atoms with Crippen LogP contribution in [-0.4, -0.2) is 12.2 Å². The van der Waals surface area contributed by atoms with E-state index in [0.29, 0.717) is 5.05 Å². The van der Waals surface area contributed by atoms with Gasteiger partial charge in [0.25, 0.3) is 0 Å². The van der Waals surface area contributed by atoms with E-state index in [1.54, 1.807) is 7.11 Å². The Bertz CT molecular complexity index is 505. The van der Waals surface area contributed by atoms with E-state index < -0.39 is 0 Å². The second-order valence-corrected chi connectivity index (χ2v) is 4.23. The molecule has 2 rings (SSSR count). The van der Waals surface area contributed by atoms with Gasteiger partial charge in [-0.2, -0.15) is 0 Å². The maximum absolute atomic E-state index is 5.12. The van der Waals surface area contributed by atoms with Crippen molar-refractivity contribution in [3.63, 3.8) is 0 Å². The average molecular weight is 242 g/mol. The molecule has 0 spiro atoms. The summed E-state index contributed by atoms with van der Waals surface area (Å²) in [5, 5.41) is 0.542. The van der Waals surface area contributed by atoms with Gasteiger partial charge < -0.3 is 4.74 Å². The maximum atomic E-state index is 5.12. The molecule has 0 amide bonds. The van der Waals surface area contributed by atoms with Gasteiger partial charge in [0.05, 0.1) is 7.11 Å². The van der Waals surface area contributed by atoms with E-state index in [9.17, 15) is 0 Å². The molecule has 0 aliphatic carbocycles. The molecule has 0 saturated carbocycles. The Labute approximate surface area is 107 Å². The molecule has 0 fully saturated rings. The van der Waals surface area contributed by atoms with Crippen LogP contribution in [0.4, 0.5) is 0 Å². The number of methoxy groups -OCH3 is 1. The zero-order valence-electron chi connectivity index (χ0n) is 9.72. The van der Waals surface area contributed by atoms with Gasteiger partial charge in [0, 0.05) is 5.56 Å². The monoisotopic (exact) mass is 242 g/mol. The highest BCUT2D eigenvalue weighted by Crippen LogP contribution is 2.12. The van der Waals surface area contributed by atoms with Crippen LogP contribution >= 0.6 is 12.2 Å². The van der Waals surface area contributed by atoms with Gasteiger partial charge in [-0.1, -0.05) is 48.5 Å². The molecule has 86 valence electrons.